The van der Waals surface area contributed by atoms with E-state index in [1.807, 2.05) is 0 Å². The van der Waals surface area contributed by atoms with Crippen molar-refractivity contribution >= 4 is 5.97 Å². The number of carbonyl (C=O) groups excluding carboxylic acids is 1. The molecule has 11 heteroatoms. The molecule has 168 valence electrons. The fourth-order valence-corrected chi connectivity index (χ4v) is 2.93. The number of hydrogen-bond acceptors (Lipinski definition) is 9. The molecule has 1 aromatic heterocycles. The van der Waals surface area contributed by atoms with Gasteiger partial charge in [0, 0.05) is 12.0 Å². The Kier molecular flexibility index (Phi) is 6.34. The molecular formula is C21H18F2N2O7. The fourth-order valence-electron chi connectivity index (χ4n) is 2.93. The standard InChI is InChI=1S/C21H18F2N2O7/c1-27-16-9-12(3-6-15(16)31-21(22)23)19-24-18(32-25-19)11-30-20(26)13-4-5-14-17(10-13)29-8-2-7-28-14/h3-6,9-10,21H,2,7-8,11H2,1H3. The maximum atomic E-state index is 12.5. The van der Waals surface area contributed by atoms with Gasteiger partial charge in [0.05, 0.1) is 25.9 Å². The molecule has 2 heterocycles. The van der Waals surface area contributed by atoms with Gasteiger partial charge in [0.25, 0.3) is 5.89 Å². The zero-order valence-electron chi connectivity index (χ0n) is 16.9. The molecule has 0 aliphatic carbocycles. The highest BCUT2D eigenvalue weighted by atomic mass is 19.3. The maximum absolute atomic E-state index is 12.5. The third-order valence-corrected chi connectivity index (χ3v) is 4.42. The molecule has 0 radical (unpaired) electrons. The van der Waals surface area contributed by atoms with Crippen molar-refractivity contribution in [3.63, 3.8) is 0 Å². The number of methoxy groups -OCH3 is 1. The summed E-state index contributed by atoms with van der Waals surface area (Å²) in [5.74, 6) is 0.610. The Balaban J connectivity index is 1.41. The first-order valence-corrected chi connectivity index (χ1v) is 9.56. The second-order valence-corrected chi connectivity index (χ2v) is 6.54. The van der Waals surface area contributed by atoms with Crippen LogP contribution in [0.5, 0.6) is 23.0 Å². The molecule has 1 aliphatic heterocycles. The van der Waals surface area contributed by atoms with E-state index in [0.717, 1.165) is 6.42 Å². The summed E-state index contributed by atoms with van der Waals surface area (Å²) in [6.07, 6.45) is 0.752. The molecule has 2 aromatic carbocycles. The molecule has 9 nitrogen and oxygen atoms in total. The van der Waals surface area contributed by atoms with Gasteiger partial charge in [-0.2, -0.15) is 13.8 Å². The quantitative estimate of drug-likeness (QED) is 0.499. The summed E-state index contributed by atoms with van der Waals surface area (Å²) < 4.78 is 55.8. The third-order valence-electron chi connectivity index (χ3n) is 4.42. The number of fused-ring (bicyclic) bond motifs is 1. The Morgan fingerprint density at radius 3 is 2.69 bits per heavy atom. The zero-order valence-corrected chi connectivity index (χ0v) is 16.9. The van der Waals surface area contributed by atoms with Crippen molar-refractivity contribution in [2.45, 2.75) is 19.6 Å². The first kappa shape index (κ1) is 21.3. The highest BCUT2D eigenvalue weighted by Crippen LogP contribution is 2.33. The van der Waals surface area contributed by atoms with Crippen molar-refractivity contribution in [2.75, 3.05) is 20.3 Å². The van der Waals surface area contributed by atoms with Crippen LogP contribution in [0.25, 0.3) is 11.4 Å². The minimum Gasteiger partial charge on any atom is -0.493 e. The largest absolute Gasteiger partial charge is 0.493 e. The Morgan fingerprint density at radius 1 is 1.09 bits per heavy atom. The zero-order chi connectivity index (χ0) is 22.5. The van der Waals surface area contributed by atoms with Gasteiger partial charge in [-0.25, -0.2) is 4.79 Å². The van der Waals surface area contributed by atoms with E-state index in [2.05, 4.69) is 14.9 Å². The van der Waals surface area contributed by atoms with Gasteiger partial charge >= 0.3 is 12.6 Å². The van der Waals surface area contributed by atoms with Crippen LogP contribution in [0.15, 0.2) is 40.9 Å². The molecule has 0 saturated carbocycles. The van der Waals surface area contributed by atoms with E-state index in [-0.39, 0.29) is 35.4 Å². The number of aromatic nitrogens is 2. The Morgan fingerprint density at radius 2 is 1.91 bits per heavy atom. The molecule has 0 fully saturated rings. The molecule has 0 spiro atoms. The van der Waals surface area contributed by atoms with Crippen LogP contribution in [-0.2, 0) is 11.3 Å². The van der Waals surface area contributed by atoms with Crippen molar-refractivity contribution in [2.24, 2.45) is 0 Å². The SMILES string of the molecule is COc1cc(-c2noc(COC(=O)c3ccc4c(c3)OCCCO4)n2)ccc1OC(F)F. The van der Waals surface area contributed by atoms with Crippen molar-refractivity contribution in [1.82, 2.24) is 10.1 Å². The van der Waals surface area contributed by atoms with Crippen LogP contribution < -0.4 is 18.9 Å². The first-order chi connectivity index (χ1) is 15.5. The van der Waals surface area contributed by atoms with Crippen LogP contribution in [0, 0.1) is 0 Å². The number of hydrogen-bond donors (Lipinski definition) is 0. The van der Waals surface area contributed by atoms with Gasteiger partial charge in [0.2, 0.25) is 5.82 Å². The van der Waals surface area contributed by atoms with Gasteiger partial charge in [-0.1, -0.05) is 5.16 Å². The van der Waals surface area contributed by atoms with Gasteiger partial charge < -0.3 is 28.2 Å². The molecule has 0 unspecified atom stereocenters. The van der Waals surface area contributed by atoms with Crippen molar-refractivity contribution in [1.29, 1.82) is 0 Å². The Hall–Kier alpha value is -3.89. The van der Waals surface area contributed by atoms with Crippen LogP contribution >= 0.6 is 0 Å². The van der Waals surface area contributed by atoms with E-state index in [1.54, 1.807) is 18.2 Å². The van der Waals surface area contributed by atoms with E-state index < -0.39 is 12.6 Å². The summed E-state index contributed by atoms with van der Waals surface area (Å²) in [7, 11) is 1.32. The van der Waals surface area contributed by atoms with Gasteiger partial charge in [-0.15, -0.1) is 0 Å². The lowest BCUT2D eigenvalue weighted by atomic mass is 10.2. The maximum Gasteiger partial charge on any atom is 0.387 e. The molecule has 3 aromatic rings. The average Bonchev–Trinajstić information content (AvgIpc) is 3.14. The van der Waals surface area contributed by atoms with Crippen LogP contribution in [-0.4, -0.2) is 43.0 Å². The lowest BCUT2D eigenvalue weighted by molar-refractivity contribution is -0.0512. The monoisotopic (exact) mass is 448 g/mol. The Bertz CT molecular complexity index is 1100. The Labute approximate surface area is 180 Å². The average molecular weight is 448 g/mol. The molecule has 32 heavy (non-hydrogen) atoms. The van der Waals surface area contributed by atoms with Gasteiger partial charge in [0.15, 0.2) is 29.6 Å². The summed E-state index contributed by atoms with van der Waals surface area (Å²) in [5.41, 5.74) is 0.723. The summed E-state index contributed by atoms with van der Waals surface area (Å²) in [4.78, 5) is 16.5. The van der Waals surface area contributed by atoms with Crippen LogP contribution in [0.4, 0.5) is 8.78 Å². The van der Waals surface area contributed by atoms with Crippen molar-refractivity contribution < 1.29 is 41.8 Å². The first-order valence-electron chi connectivity index (χ1n) is 9.56. The van der Waals surface area contributed by atoms with Crippen LogP contribution in [0.1, 0.15) is 22.7 Å². The number of rotatable bonds is 7. The smallest absolute Gasteiger partial charge is 0.387 e. The molecule has 0 bridgehead atoms. The highest BCUT2D eigenvalue weighted by molar-refractivity contribution is 5.90. The summed E-state index contributed by atoms with van der Waals surface area (Å²) in [6, 6.07) is 8.98. The molecule has 4 rings (SSSR count). The van der Waals surface area contributed by atoms with E-state index in [0.29, 0.717) is 30.3 Å². The van der Waals surface area contributed by atoms with Crippen molar-refractivity contribution in [3.05, 3.63) is 47.9 Å². The van der Waals surface area contributed by atoms with Gasteiger partial charge in [-0.05, 0) is 36.4 Å². The lowest BCUT2D eigenvalue weighted by Crippen LogP contribution is -2.06. The number of esters is 1. The predicted molar refractivity (Wildman–Crippen MR) is 104 cm³/mol. The van der Waals surface area contributed by atoms with Gasteiger partial charge in [-0.3, -0.25) is 0 Å². The normalized spacial score (nSPS) is 12.9. The second-order valence-electron chi connectivity index (χ2n) is 6.54. The number of nitrogens with zero attached hydrogens (tertiary/aromatic N) is 2. The number of benzene rings is 2. The molecule has 0 amide bonds. The van der Waals surface area contributed by atoms with Gasteiger partial charge in [0.1, 0.15) is 0 Å². The summed E-state index contributed by atoms with van der Waals surface area (Å²) in [6.45, 7) is -2.20. The molecule has 0 N–H and O–H groups in total. The fraction of sp³-hybridized carbons (Fsp3) is 0.286. The summed E-state index contributed by atoms with van der Waals surface area (Å²) >= 11 is 0. The molecule has 0 saturated heterocycles. The lowest BCUT2D eigenvalue weighted by Gasteiger charge is -2.10. The molecule has 1 aliphatic rings. The van der Waals surface area contributed by atoms with E-state index in [1.165, 1.54) is 25.3 Å². The minimum atomic E-state index is -2.99. The minimum absolute atomic E-state index is 0.0505. The number of halogens is 2. The van der Waals surface area contributed by atoms with E-state index in [9.17, 15) is 13.6 Å². The number of alkyl halides is 2. The van der Waals surface area contributed by atoms with Crippen LogP contribution in [0.2, 0.25) is 0 Å². The number of carbonyl (C=O) groups is 1. The third kappa shape index (κ3) is 4.88. The predicted octanol–water partition coefficient (Wildman–Crippen LogP) is 3.86. The topological polar surface area (TPSA) is 102 Å². The van der Waals surface area contributed by atoms with Crippen molar-refractivity contribution in [3.8, 4) is 34.4 Å². The van der Waals surface area contributed by atoms with E-state index >= 15 is 0 Å². The second kappa shape index (κ2) is 9.50. The summed E-state index contributed by atoms with van der Waals surface area (Å²) in [5, 5.41) is 3.81. The highest BCUT2D eigenvalue weighted by Gasteiger charge is 2.18. The van der Waals surface area contributed by atoms with E-state index in [4.69, 9.17) is 23.5 Å². The van der Waals surface area contributed by atoms with Crippen LogP contribution in [0.3, 0.4) is 0 Å². The molecule has 0 atom stereocenters. The molecular weight excluding hydrogens is 430 g/mol. The number of ether oxygens (including phenoxy) is 5.